The number of nitrogens with one attached hydrogen (secondary N) is 1. The van der Waals surface area contributed by atoms with Gasteiger partial charge in [-0.25, -0.2) is 0 Å². The third-order valence-corrected chi connectivity index (χ3v) is 5.36. The molecular formula is C13H21NO2S2. The van der Waals surface area contributed by atoms with Crippen molar-refractivity contribution in [3.63, 3.8) is 0 Å². The van der Waals surface area contributed by atoms with E-state index in [1.54, 1.807) is 0 Å². The van der Waals surface area contributed by atoms with Crippen LogP contribution in [0.25, 0.3) is 0 Å². The first kappa shape index (κ1) is 14.1. The van der Waals surface area contributed by atoms with Gasteiger partial charge < -0.3 is 10.4 Å². The van der Waals surface area contributed by atoms with Gasteiger partial charge in [-0.1, -0.05) is 30.4 Å². The van der Waals surface area contributed by atoms with Crippen LogP contribution in [0.4, 0.5) is 0 Å². The number of aliphatic carboxylic acids is 1. The molecule has 2 saturated carbocycles. The summed E-state index contributed by atoms with van der Waals surface area (Å²) < 4.78 is 0.423. The Morgan fingerprint density at radius 2 is 2.17 bits per heavy atom. The number of carboxylic acids is 1. The second-order valence-corrected chi connectivity index (χ2v) is 8.53. The van der Waals surface area contributed by atoms with Gasteiger partial charge in [-0.15, -0.1) is 0 Å². The monoisotopic (exact) mass is 287 g/mol. The maximum absolute atomic E-state index is 10.8. The van der Waals surface area contributed by atoms with E-state index in [9.17, 15) is 4.79 Å². The van der Waals surface area contributed by atoms with Crippen LogP contribution in [-0.4, -0.2) is 26.2 Å². The highest BCUT2D eigenvalue weighted by molar-refractivity contribution is 8.23. The highest BCUT2D eigenvalue weighted by atomic mass is 32.2. The van der Waals surface area contributed by atoms with Crippen LogP contribution in [-0.2, 0) is 4.79 Å². The molecule has 3 nitrogen and oxygen atoms in total. The zero-order valence-corrected chi connectivity index (χ0v) is 12.6. The first-order valence-electron chi connectivity index (χ1n) is 6.57. The number of thioether (sulfide) groups is 1. The van der Waals surface area contributed by atoms with E-state index in [1.165, 1.54) is 37.4 Å². The molecule has 0 aromatic carbocycles. The second-order valence-electron chi connectivity index (χ2n) is 6.15. The van der Waals surface area contributed by atoms with Gasteiger partial charge in [-0.3, -0.25) is 4.79 Å². The molecule has 0 aliphatic heterocycles. The van der Waals surface area contributed by atoms with Gasteiger partial charge in [0.2, 0.25) is 0 Å². The molecule has 2 aliphatic rings. The number of hydrogen-bond donors (Lipinski definition) is 2. The largest absolute Gasteiger partial charge is 0.481 e. The van der Waals surface area contributed by atoms with Crippen molar-refractivity contribution in [3.05, 3.63) is 0 Å². The molecule has 2 bridgehead atoms. The number of fused-ring (bicyclic) bond motifs is 2. The molecule has 0 aromatic rings. The van der Waals surface area contributed by atoms with Crippen molar-refractivity contribution in [2.75, 3.05) is 0 Å². The Kier molecular flexibility index (Phi) is 4.22. The SMILES string of the molecule is CC(C)(CC(=O)O)SC(=S)NC1CC2CCC1C2. The fraction of sp³-hybridized carbons (Fsp3) is 0.846. The summed E-state index contributed by atoms with van der Waals surface area (Å²) in [7, 11) is 0. The summed E-state index contributed by atoms with van der Waals surface area (Å²) in [6.45, 7) is 3.86. The van der Waals surface area contributed by atoms with Crippen molar-refractivity contribution in [2.24, 2.45) is 11.8 Å². The summed E-state index contributed by atoms with van der Waals surface area (Å²) in [5.41, 5.74) is 0. The van der Waals surface area contributed by atoms with Gasteiger partial charge in [-0.05, 0) is 44.9 Å². The lowest BCUT2D eigenvalue weighted by atomic mass is 9.96. The standard InChI is InChI=1S/C13H21NO2S2/c1-13(2,7-11(15)16)18-12(17)14-10-6-8-3-4-9(10)5-8/h8-10H,3-7H2,1-2H3,(H,14,17)(H,15,16). The molecule has 2 N–H and O–H groups in total. The number of carbonyl (C=O) groups is 1. The minimum atomic E-state index is -0.768. The normalized spacial score (nSPS) is 30.4. The first-order chi connectivity index (χ1) is 8.35. The Hall–Kier alpha value is -0.290. The van der Waals surface area contributed by atoms with E-state index < -0.39 is 5.97 Å². The number of hydrogen-bond acceptors (Lipinski definition) is 3. The van der Waals surface area contributed by atoms with Gasteiger partial charge in [0.1, 0.15) is 4.32 Å². The van der Waals surface area contributed by atoms with E-state index in [2.05, 4.69) is 5.32 Å². The molecule has 2 aliphatic carbocycles. The van der Waals surface area contributed by atoms with Crippen LogP contribution < -0.4 is 5.32 Å². The van der Waals surface area contributed by atoms with Crippen molar-refractivity contribution < 1.29 is 9.90 Å². The highest BCUT2D eigenvalue weighted by Crippen LogP contribution is 2.44. The highest BCUT2D eigenvalue weighted by Gasteiger charge is 2.40. The Bertz CT molecular complexity index is 357. The predicted octanol–water partition coefficient (Wildman–Crippen LogP) is 3.04. The Morgan fingerprint density at radius 3 is 2.67 bits per heavy atom. The van der Waals surface area contributed by atoms with Gasteiger partial charge in [0.05, 0.1) is 6.42 Å². The van der Waals surface area contributed by atoms with Crippen LogP contribution in [0.3, 0.4) is 0 Å². The lowest BCUT2D eigenvalue weighted by Crippen LogP contribution is -2.38. The van der Waals surface area contributed by atoms with Crippen molar-refractivity contribution in [1.29, 1.82) is 0 Å². The molecule has 2 fully saturated rings. The summed E-state index contributed by atoms with van der Waals surface area (Å²) >= 11 is 6.85. The summed E-state index contributed by atoms with van der Waals surface area (Å²) in [5, 5.41) is 12.3. The van der Waals surface area contributed by atoms with Crippen LogP contribution in [0.1, 0.15) is 46.0 Å². The molecule has 3 atom stereocenters. The third-order valence-electron chi connectivity index (χ3n) is 3.99. The summed E-state index contributed by atoms with van der Waals surface area (Å²) in [6.07, 6.45) is 5.44. The third kappa shape index (κ3) is 3.60. The van der Waals surface area contributed by atoms with Crippen molar-refractivity contribution >= 4 is 34.3 Å². The topological polar surface area (TPSA) is 49.3 Å². The summed E-state index contributed by atoms with van der Waals surface area (Å²) in [5.74, 6) is 0.915. The second kappa shape index (κ2) is 5.37. The molecule has 5 heteroatoms. The zero-order valence-electron chi connectivity index (χ0n) is 10.9. The first-order valence-corrected chi connectivity index (χ1v) is 7.79. The zero-order chi connectivity index (χ0) is 13.3. The van der Waals surface area contributed by atoms with Crippen molar-refractivity contribution in [3.8, 4) is 0 Å². The van der Waals surface area contributed by atoms with Gasteiger partial charge in [0.15, 0.2) is 0 Å². The number of thiocarbonyl (C=S) groups is 1. The van der Waals surface area contributed by atoms with E-state index in [0.717, 1.165) is 16.2 Å². The van der Waals surface area contributed by atoms with Crippen LogP contribution in [0, 0.1) is 11.8 Å². The van der Waals surface area contributed by atoms with Gasteiger partial charge in [0, 0.05) is 10.8 Å². The van der Waals surface area contributed by atoms with E-state index in [0.29, 0.717) is 6.04 Å². The van der Waals surface area contributed by atoms with Crippen LogP contribution >= 0.6 is 24.0 Å². The molecule has 102 valence electrons. The molecule has 0 radical (unpaired) electrons. The minimum absolute atomic E-state index is 0.135. The lowest BCUT2D eigenvalue weighted by molar-refractivity contribution is -0.137. The molecule has 0 amide bonds. The fourth-order valence-electron chi connectivity index (χ4n) is 3.25. The predicted molar refractivity (Wildman–Crippen MR) is 78.9 cm³/mol. The Morgan fingerprint density at radius 1 is 1.44 bits per heavy atom. The van der Waals surface area contributed by atoms with Crippen molar-refractivity contribution in [2.45, 2.75) is 56.7 Å². The summed E-state index contributed by atoms with van der Waals surface area (Å²) in [4.78, 5) is 10.8. The molecule has 2 rings (SSSR count). The van der Waals surface area contributed by atoms with Gasteiger partial charge in [-0.2, -0.15) is 0 Å². The van der Waals surface area contributed by atoms with E-state index in [4.69, 9.17) is 17.3 Å². The Balaban J connectivity index is 1.80. The molecule has 0 aromatic heterocycles. The average Bonchev–Trinajstić information content (AvgIpc) is 2.74. The molecule has 3 unspecified atom stereocenters. The maximum Gasteiger partial charge on any atom is 0.304 e. The number of carboxylic acid groups (broad SMARTS) is 1. The quantitative estimate of drug-likeness (QED) is 0.778. The summed E-state index contributed by atoms with van der Waals surface area (Å²) in [6, 6.07) is 0.532. The van der Waals surface area contributed by atoms with Crippen molar-refractivity contribution in [1.82, 2.24) is 5.32 Å². The van der Waals surface area contributed by atoms with E-state index in [-0.39, 0.29) is 11.2 Å². The van der Waals surface area contributed by atoms with E-state index in [1.807, 2.05) is 13.8 Å². The van der Waals surface area contributed by atoms with Gasteiger partial charge >= 0.3 is 5.97 Å². The van der Waals surface area contributed by atoms with Crippen LogP contribution in [0.2, 0.25) is 0 Å². The maximum atomic E-state index is 10.8. The average molecular weight is 287 g/mol. The molecular weight excluding hydrogens is 266 g/mol. The smallest absolute Gasteiger partial charge is 0.304 e. The molecule has 0 saturated heterocycles. The van der Waals surface area contributed by atoms with E-state index >= 15 is 0 Å². The fourth-order valence-corrected chi connectivity index (χ4v) is 4.99. The minimum Gasteiger partial charge on any atom is -0.481 e. The van der Waals surface area contributed by atoms with Gasteiger partial charge in [0.25, 0.3) is 0 Å². The van der Waals surface area contributed by atoms with Crippen LogP contribution in [0.15, 0.2) is 0 Å². The Labute approximate surface area is 118 Å². The molecule has 18 heavy (non-hydrogen) atoms. The number of rotatable bonds is 4. The van der Waals surface area contributed by atoms with Crippen LogP contribution in [0.5, 0.6) is 0 Å². The molecule has 0 spiro atoms. The lowest BCUT2D eigenvalue weighted by Gasteiger charge is -2.27. The molecule has 0 heterocycles.